The first kappa shape index (κ1) is 26.1. The lowest BCUT2D eigenvalue weighted by atomic mass is 9.87. The molecule has 8 heteroatoms. The van der Waals surface area contributed by atoms with Crippen molar-refractivity contribution in [2.75, 3.05) is 16.6 Å². The summed E-state index contributed by atoms with van der Waals surface area (Å²) in [5.41, 5.74) is 2.10. The van der Waals surface area contributed by atoms with E-state index in [1.54, 1.807) is 31.2 Å². The third-order valence-corrected chi connectivity index (χ3v) is 6.65. The number of rotatable bonds is 9. The van der Waals surface area contributed by atoms with Crippen LogP contribution in [0.3, 0.4) is 0 Å². The molecule has 0 saturated heterocycles. The summed E-state index contributed by atoms with van der Waals surface area (Å²) in [5, 5.41) is 2.75. The third kappa shape index (κ3) is 7.23. The first-order chi connectivity index (χ1) is 16.5. The number of anilines is 2. The van der Waals surface area contributed by atoms with Crippen LogP contribution in [-0.2, 0) is 20.2 Å². The van der Waals surface area contributed by atoms with Gasteiger partial charge in [0.15, 0.2) is 6.10 Å². The van der Waals surface area contributed by atoms with Crippen molar-refractivity contribution in [3.63, 3.8) is 0 Å². The molecule has 0 saturated carbocycles. The van der Waals surface area contributed by atoms with E-state index in [9.17, 15) is 13.2 Å². The number of nitrogens with one attached hydrogen (secondary N) is 2. The molecule has 0 fully saturated rings. The molecule has 0 aliphatic heterocycles. The largest absolute Gasteiger partial charge is 0.494 e. The number of benzene rings is 3. The molecule has 0 heterocycles. The Bertz CT molecular complexity index is 1230. The van der Waals surface area contributed by atoms with Crippen molar-refractivity contribution in [1.29, 1.82) is 0 Å². The minimum absolute atomic E-state index is 0.0326. The van der Waals surface area contributed by atoms with Gasteiger partial charge in [-0.1, -0.05) is 32.9 Å². The lowest BCUT2D eigenvalue weighted by molar-refractivity contribution is -0.122. The average Bonchev–Trinajstić information content (AvgIpc) is 2.80. The summed E-state index contributed by atoms with van der Waals surface area (Å²) in [6.07, 6.45) is -0.736. The predicted molar refractivity (Wildman–Crippen MR) is 139 cm³/mol. The molecule has 1 atom stereocenters. The molecular formula is C27H32N2O5S. The predicted octanol–water partition coefficient (Wildman–Crippen LogP) is 5.59. The van der Waals surface area contributed by atoms with Crippen LogP contribution in [0.4, 0.5) is 11.4 Å². The Morgan fingerprint density at radius 1 is 0.857 bits per heavy atom. The molecule has 1 amide bonds. The van der Waals surface area contributed by atoms with E-state index in [-0.39, 0.29) is 16.2 Å². The van der Waals surface area contributed by atoms with E-state index in [1.807, 2.05) is 31.2 Å². The topological polar surface area (TPSA) is 93.7 Å². The minimum Gasteiger partial charge on any atom is -0.494 e. The van der Waals surface area contributed by atoms with E-state index in [0.29, 0.717) is 29.5 Å². The fourth-order valence-electron chi connectivity index (χ4n) is 3.25. The molecule has 2 N–H and O–H groups in total. The highest BCUT2D eigenvalue weighted by atomic mass is 32.2. The molecule has 3 rings (SSSR count). The highest BCUT2D eigenvalue weighted by molar-refractivity contribution is 7.92. The number of carbonyl (C=O) groups excluding carboxylic acids is 1. The van der Waals surface area contributed by atoms with Gasteiger partial charge >= 0.3 is 0 Å². The summed E-state index contributed by atoms with van der Waals surface area (Å²) < 4.78 is 39.0. The molecule has 0 bridgehead atoms. The molecule has 7 nitrogen and oxygen atoms in total. The first-order valence-electron chi connectivity index (χ1n) is 11.4. The van der Waals surface area contributed by atoms with Gasteiger partial charge in [0.25, 0.3) is 15.9 Å². The molecule has 0 spiro atoms. The van der Waals surface area contributed by atoms with Crippen molar-refractivity contribution < 1.29 is 22.7 Å². The van der Waals surface area contributed by atoms with Gasteiger partial charge in [0.05, 0.1) is 11.5 Å². The van der Waals surface area contributed by atoms with Gasteiger partial charge in [-0.2, -0.15) is 0 Å². The quantitative estimate of drug-likeness (QED) is 0.403. The number of hydrogen-bond acceptors (Lipinski definition) is 5. The Morgan fingerprint density at radius 3 is 1.94 bits per heavy atom. The number of sulfonamides is 1. The molecule has 0 unspecified atom stereocenters. The molecule has 0 aliphatic rings. The van der Waals surface area contributed by atoms with E-state index in [1.165, 1.54) is 29.8 Å². The van der Waals surface area contributed by atoms with Gasteiger partial charge in [0.2, 0.25) is 0 Å². The lowest BCUT2D eigenvalue weighted by Crippen LogP contribution is -2.30. The van der Waals surface area contributed by atoms with Crippen LogP contribution < -0.4 is 19.5 Å². The molecule has 0 radical (unpaired) electrons. The maximum atomic E-state index is 12.7. The molecule has 35 heavy (non-hydrogen) atoms. The third-order valence-electron chi connectivity index (χ3n) is 5.25. The van der Waals surface area contributed by atoms with Crippen LogP contribution in [-0.4, -0.2) is 27.0 Å². The van der Waals surface area contributed by atoms with Gasteiger partial charge in [0, 0.05) is 11.4 Å². The Labute approximate surface area is 207 Å². The fourth-order valence-corrected chi connectivity index (χ4v) is 4.31. The zero-order chi connectivity index (χ0) is 25.6. The minimum atomic E-state index is -3.78. The van der Waals surface area contributed by atoms with E-state index in [4.69, 9.17) is 9.47 Å². The van der Waals surface area contributed by atoms with Crippen molar-refractivity contribution in [2.45, 2.75) is 51.0 Å². The highest BCUT2D eigenvalue weighted by Gasteiger charge is 2.18. The zero-order valence-electron chi connectivity index (χ0n) is 20.7. The Hall–Kier alpha value is -3.52. The summed E-state index contributed by atoms with van der Waals surface area (Å²) in [4.78, 5) is 12.6. The number of hydrogen-bond donors (Lipinski definition) is 2. The van der Waals surface area contributed by atoms with Gasteiger partial charge in [-0.15, -0.1) is 0 Å². The number of amides is 1. The number of carbonyl (C=O) groups is 1. The molecule has 3 aromatic rings. The van der Waals surface area contributed by atoms with Crippen LogP contribution in [0.1, 0.15) is 40.2 Å². The fraction of sp³-hybridized carbons (Fsp3) is 0.296. The Morgan fingerprint density at radius 2 is 1.40 bits per heavy atom. The molecule has 0 aromatic heterocycles. The van der Waals surface area contributed by atoms with Crippen molar-refractivity contribution >= 4 is 27.3 Å². The van der Waals surface area contributed by atoms with E-state index in [0.717, 1.165) is 0 Å². The van der Waals surface area contributed by atoms with E-state index >= 15 is 0 Å². The average molecular weight is 497 g/mol. The summed E-state index contributed by atoms with van der Waals surface area (Å²) in [5.74, 6) is 0.922. The maximum Gasteiger partial charge on any atom is 0.265 e. The van der Waals surface area contributed by atoms with Gasteiger partial charge in [-0.3, -0.25) is 9.52 Å². The van der Waals surface area contributed by atoms with E-state index < -0.39 is 16.1 Å². The first-order valence-corrected chi connectivity index (χ1v) is 12.9. The maximum absolute atomic E-state index is 12.7. The normalized spacial score (nSPS) is 12.5. The molecule has 186 valence electrons. The molecule has 3 aromatic carbocycles. The van der Waals surface area contributed by atoms with E-state index in [2.05, 4.69) is 30.8 Å². The Kier molecular flexibility index (Phi) is 8.07. The zero-order valence-corrected chi connectivity index (χ0v) is 21.5. The monoisotopic (exact) mass is 496 g/mol. The van der Waals surface area contributed by atoms with Crippen LogP contribution in [0.2, 0.25) is 0 Å². The lowest BCUT2D eigenvalue weighted by Gasteiger charge is -2.20. The van der Waals surface area contributed by atoms with Crippen molar-refractivity contribution in [3.05, 3.63) is 78.4 Å². The molecular weight excluding hydrogens is 464 g/mol. The summed E-state index contributed by atoms with van der Waals surface area (Å²) in [6.45, 7) is 10.5. The summed E-state index contributed by atoms with van der Waals surface area (Å²) >= 11 is 0. The second kappa shape index (κ2) is 10.8. The van der Waals surface area contributed by atoms with Crippen LogP contribution in [0.15, 0.2) is 77.7 Å². The van der Waals surface area contributed by atoms with Gasteiger partial charge in [0.1, 0.15) is 11.5 Å². The van der Waals surface area contributed by atoms with Crippen molar-refractivity contribution in [3.8, 4) is 11.5 Å². The highest BCUT2D eigenvalue weighted by Crippen LogP contribution is 2.25. The van der Waals surface area contributed by atoms with Gasteiger partial charge < -0.3 is 14.8 Å². The van der Waals surface area contributed by atoms with Crippen molar-refractivity contribution in [2.24, 2.45) is 0 Å². The SMILES string of the molecule is CCOc1ccc(NS(=O)(=O)c2ccc(NC(=O)[C@@H](C)Oc3ccc(C(C)(C)C)cc3)cc2)cc1. The summed E-state index contributed by atoms with van der Waals surface area (Å²) in [6, 6.07) is 20.3. The van der Waals surface area contributed by atoms with Crippen LogP contribution in [0.25, 0.3) is 0 Å². The van der Waals surface area contributed by atoms with Crippen molar-refractivity contribution in [1.82, 2.24) is 0 Å². The van der Waals surface area contributed by atoms with Gasteiger partial charge in [-0.05, 0) is 85.5 Å². The second-order valence-corrected chi connectivity index (χ2v) is 10.8. The standard InChI is InChI=1S/C27H32N2O5S/c1-6-33-23-15-9-22(10-16-23)29-35(31,32)25-17-11-21(12-18-25)28-26(30)19(2)34-24-13-7-20(8-14-24)27(3,4)5/h7-19,29H,6H2,1-5H3,(H,28,30)/t19-/m1/s1. The Balaban J connectivity index is 1.59. The van der Waals surface area contributed by atoms with Crippen LogP contribution >= 0.6 is 0 Å². The molecule has 0 aliphatic carbocycles. The van der Waals surface area contributed by atoms with Crippen LogP contribution in [0.5, 0.6) is 11.5 Å². The summed E-state index contributed by atoms with van der Waals surface area (Å²) in [7, 11) is -3.78. The number of ether oxygens (including phenoxy) is 2. The van der Waals surface area contributed by atoms with Gasteiger partial charge in [-0.25, -0.2) is 8.42 Å². The van der Waals surface area contributed by atoms with Crippen LogP contribution in [0, 0.1) is 0 Å². The smallest absolute Gasteiger partial charge is 0.265 e. The second-order valence-electron chi connectivity index (χ2n) is 9.11.